The van der Waals surface area contributed by atoms with E-state index in [2.05, 4.69) is 4.98 Å². The zero-order valence-electron chi connectivity index (χ0n) is 7.51. The second kappa shape index (κ2) is 3.60. The Kier molecular flexibility index (Phi) is 2.89. The van der Waals surface area contributed by atoms with Gasteiger partial charge in [0.05, 0.1) is 13.3 Å². The topological polar surface area (TPSA) is 59.5 Å². The smallest absolute Gasteiger partial charge is 0.274 e. The van der Waals surface area contributed by atoms with Crippen LogP contribution in [0.5, 0.6) is 5.19 Å². The number of nitrogens with zero attached hydrogens (tertiary/aromatic N) is 2. The molecule has 0 saturated heterocycles. The van der Waals surface area contributed by atoms with Crippen molar-refractivity contribution in [3.8, 4) is 5.19 Å². The van der Waals surface area contributed by atoms with E-state index in [4.69, 9.17) is 4.74 Å². The molecule has 0 radical (unpaired) electrons. The van der Waals surface area contributed by atoms with Crippen LogP contribution in [0.3, 0.4) is 0 Å². The number of methoxy groups -OCH3 is 1. The first kappa shape index (κ1) is 10.4. The first-order valence-electron chi connectivity index (χ1n) is 3.41. The Hall–Kier alpha value is -0.660. The molecule has 0 aliphatic carbocycles. The Balaban J connectivity index is 3.09. The van der Waals surface area contributed by atoms with Crippen LogP contribution >= 0.6 is 11.3 Å². The lowest BCUT2D eigenvalue weighted by Crippen LogP contribution is -2.21. The van der Waals surface area contributed by atoms with Gasteiger partial charge in [0, 0.05) is 14.1 Å². The standard InChI is InChI=1S/C6H10N2O3S2/c1-8(2)13(9,10)5-4-7-6(11-3)12-5/h4H,1-3H3. The zero-order chi connectivity index (χ0) is 10.1. The molecule has 0 fully saturated rings. The van der Waals surface area contributed by atoms with Crippen LogP contribution in [0.4, 0.5) is 0 Å². The van der Waals surface area contributed by atoms with Crippen molar-refractivity contribution >= 4 is 21.4 Å². The van der Waals surface area contributed by atoms with Crippen LogP contribution in [0.25, 0.3) is 0 Å². The SMILES string of the molecule is COc1ncc(S(=O)(=O)N(C)C)s1. The lowest BCUT2D eigenvalue weighted by atomic mass is 11.0. The van der Waals surface area contributed by atoms with Crippen LogP contribution in [0.15, 0.2) is 10.4 Å². The molecule has 0 saturated carbocycles. The van der Waals surface area contributed by atoms with Crippen LogP contribution in [-0.2, 0) is 10.0 Å². The fourth-order valence-electron chi connectivity index (χ4n) is 0.638. The molecule has 13 heavy (non-hydrogen) atoms. The summed E-state index contributed by atoms with van der Waals surface area (Å²) < 4.78 is 29.1. The number of rotatable bonds is 3. The average molecular weight is 222 g/mol. The molecule has 0 spiro atoms. The minimum atomic E-state index is -3.36. The van der Waals surface area contributed by atoms with E-state index in [0.29, 0.717) is 5.19 Å². The minimum absolute atomic E-state index is 0.189. The van der Waals surface area contributed by atoms with Crippen molar-refractivity contribution in [2.75, 3.05) is 21.2 Å². The fourth-order valence-corrected chi connectivity index (χ4v) is 2.73. The van der Waals surface area contributed by atoms with Gasteiger partial charge >= 0.3 is 0 Å². The Morgan fingerprint density at radius 2 is 2.15 bits per heavy atom. The largest absolute Gasteiger partial charge is 0.473 e. The predicted molar refractivity (Wildman–Crippen MR) is 49.5 cm³/mol. The van der Waals surface area contributed by atoms with E-state index in [1.807, 2.05) is 0 Å². The molecular weight excluding hydrogens is 212 g/mol. The second-order valence-electron chi connectivity index (χ2n) is 2.44. The fraction of sp³-hybridized carbons (Fsp3) is 0.500. The Bertz CT molecular complexity index is 382. The summed E-state index contributed by atoms with van der Waals surface area (Å²) in [5.74, 6) is 0. The Morgan fingerprint density at radius 1 is 1.54 bits per heavy atom. The number of sulfonamides is 1. The molecule has 0 N–H and O–H groups in total. The quantitative estimate of drug-likeness (QED) is 0.743. The van der Waals surface area contributed by atoms with E-state index >= 15 is 0 Å². The summed E-state index contributed by atoms with van der Waals surface area (Å²) in [7, 11) is 1.04. The van der Waals surface area contributed by atoms with Gasteiger partial charge in [0.1, 0.15) is 0 Å². The maximum atomic E-state index is 11.5. The van der Waals surface area contributed by atoms with E-state index in [1.165, 1.54) is 27.4 Å². The van der Waals surface area contributed by atoms with Crippen LogP contribution in [0, 0.1) is 0 Å². The molecule has 1 aromatic heterocycles. The number of hydrogen-bond donors (Lipinski definition) is 0. The predicted octanol–water partition coefficient (Wildman–Crippen LogP) is 0.402. The number of thiazole rings is 1. The summed E-state index contributed by atoms with van der Waals surface area (Å²) in [5, 5.41) is 0.348. The zero-order valence-corrected chi connectivity index (χ0v) is 9.15. The third-order valence-electron chi connectivity index (χ3n) is 1.37. The summed E-state index contributed by atoms with van der Waals surface area (Å²) in [6.45, 7) is 0. The first-order valence-corrected chi connectivity index (χ1v) is 5.66. The average Bonchev–Trinajstić information content (AvgIpc) is 2.51. The van der Waals surface area contributed by atoms with Gasteiger partial charge in [-0.25, -0.2) is 17.7 Å². The van der Waals surface area contributed by atoms with Crippen LogP contribution in [0.1, 0.15) is 0 Å². The van der Waals surface area contributed by atoms with Crippen molar-refractivity contribution in [3.63, 3.8) is 0 Å². The third-order valence-corrected chi connectivity index (χ3v) is 4.58. The molecule has 7 heteroatoms. The highest BCUT2D eigenvalue weighted by Crippen LogP contribution is 2.25. The van der Waals surface area contributed by atoms with Gasteiger partial charge in [0.2, 0.25) is 0 Å². The highest BCUT2D eigenvalue weighted by Gasteiger charge is 2.20. The van der Waals surface area contributed by atoms with Crippen molar-refractivity contribution < 1.29 is 13.2 Å². The molecule has 1 aromatic rings. The van der Waals surface area contributed by atoms with Gasteiger partial charge in [-0.1, -0.05) is 11.3 Å². The van der Waals surface area contributed by atoms with E-state index in [9.17, 15) is 8.42 Å². The maximum Gasteiger partial charge on any atom is 0.274 e. The summed E-state index contributed by atoms with van der Waals surface area (Å²) in [4.78, 5) is 3.77. The molecule has 1 rings (SSSR count). The molecular formula is C6H10N2O3S2. The minimum Gasteiger partial charge on any atom is -0.473 e. The van der Waals surface area contributed by atoms with E-state index in [0.717, 1.165) is 15.6 Å². The maximum absolute atomic E-state index is 11.5. The molecule has 0 unspecified atom stereocenters. The Morgan fingerprint density at radius 3 is 2.54 bits per heavy atom. The number of aromatic nitrogens is 1. The third kappa shape index (κ3) is 1.98. The van der Waals surface area contributed by atoms with Crippen molar-refractivity contribution in [2.24, 2.45) is 0 Å². The molecule has 0 bridgehead atoms. The summed E-state index contributed by atoms with van der Waals surface area (Å²) in [6.07, 6.45) is 1.29. The van der Waals surface area contributed by atoms with Crippen LogP contribution < -0.4 is 4.74 Å². The lowest BCUT2D eigenvalue weighted by Gasteiger charge is -2.07. The van der Waals surface area contributed by atoms with E-state index in [1.54, 1.807) is 0 Å². The van der Waals surface area contributed by atoms with Crippen LogP contribution in [0.2, 0.25) is 0 Å². The number of ether oxygens (including phenoxy) is 1. The molecule has 0 atom stereocenters. The highest BCUT2D eigenvalue weighted by atomic mass is 32.2. The molecule has 74 valence electrons. The molecule has 5 nitrogen and oxygen atoms in total. The normalized spacial score (nSPS) is 12.0. The first-order chi connectivity index (χ1) is 5.98. The van der Waals surface area contributed by atoms with Crippen molar-refractivity contribution in [3.05, 3.63) is 6.20 Å². The van der Waals surface area contributed by atoms with Crippen molar-refractivity contribution in [1.29, 1.82) is 0 Å². The Labute approximate surface area is 81.0 Å². The highest BCUT2D eigenvalue weighted by molar-refractivity contribution is 7.91. The van der Waals surface area contributed by atoms with Crippen LogP contribution in [-0.4, -0.2) is 38.9 Å². The number of hydrogen-bond acceptors (Lipinski definition) is 5. The van der Waals surface area contributed by atoms with E-state index < -0.39 is 10.0 Å². The second-order valence-corrected chi connectivity index (χ2v) is 5.81. The summed E-state index contributed by atoms with van der Waals surface area (Å²) in [5.41, 5.74) is 0. The molecule has 1 heterocycles. The van der Waals surface area contributed by atoms with Crippen molar-refractivity contribution in [2.45, 2.75) is 4.21 Å². The lowest BCUT2D eigenvalue weighted by molar-refractivity contribution is 0.412. The van der Waals surface area contributed by atoms with Gasteiger partial charge in [-0.3, -0.25) is 0 Å². The summed E-state index contributed by atoms with van der Waals surface area (Å²) >= 11 is 1.01. The monoisotopic (exact) mass is 222 g/mol. The van der Waals surface area contributed by atoms with Gasteiger partial charge in [-0.15, -0.1) is 0 Å². The molecule has 0 aliphatic rings. The molecule has 0 aromatic carbocycles. The van der Waals surface area contributed by atoms with Gasteiger partial charge in [0.15, 0.2) is 4.21 Å². The van der Waals surface area contributed by atoms with Crippen molar-refractivity contribution in [1.82, 2.24) is 9.29 Å². The van der Waals surface area contributed by atoms with Gasteiger partial charge < -0.3 is 4.74 Å². The van der Waals surface area contributed by atoms with Gasteiger partial charge in [-0.05, 0) is 0 Å². The van der Waals surface area contributed by atoms with Gasteiger partial charge in [0.25, 0.3) is 15.2 Å². The molecule has 0 aliphatic heterocycles. The van der Waals surface area contributed by atoms with Gasteiger partial charge in [-0.2, -0.15) is 0 Å². The van der Waals surface area contributed by atoms with E-state index in [-0.39, 0.29) is 4.21 Å². The summed E-state index contributed by atoms with van der Waals surface area (Å²) in [6, 6.07) is 0. The molecule has 0 amide bonds.